The van der Waals surface area contributed by atoms with Crippen molar-refractivity contribution in [2.24, 2.45) is 7.05 Å². The van der Waals surface area contributed by atoms with Crippen LogP contribution in [0.25, 0.3) is 11.3 Å². The lowest BCUT2D eigenvalue weighted by Crippen LogP contribution is -2.24. The van der Waals surface area contributed by atoms with E-state index in [2.05, 4.69) is 20.4 Å². The molecular weight excluding hydrogens is 318 g/mol. The van der Waals surface area contributed by atoms with Crippen molar-refractivity contribution in [3.8, 4) is 17.1 Å². The summed E-state index contributed by atoms with van der Waals surface area (Å²) in [6.45, 7) is 0. The molecule has 0 aromatic carbocycles. The molecular formula is C18H17N5O2. The number of carbonyl (C=O) groups excluding carboxylic acids is 1. The molecule has 1 N–H and O–H groups in total. The zero-order valence-corrected chi connectivity index (χ0v) is 13.9. The molecule has 0 spiro atoms. The first-order chi connectivity index (χ1) is 12.2. The number of pyridine rings is 2. The van der Waals surface area contributed by atoms with Crippen molar-refractivity contribution in [3.05, 3.63) is 54.0 Å². The number of methoxy groups -OCH3 is 1. The molecule has 3 aromatic rings. The van der Waals surface area contributed by atoms with Gasteiger partial charge < -0.3 is 10.1 Å². The van der Waals surface area contributed by atoms with E-state index in [4.69, 9.17) is 4.74 Å². The highest BCUT2D eigenvalue weighted by atomic mass is 16.5. The lowest BCUT2D eigenvalue weighted by atomic mass is 9.85. The standard InChI is InChI=1S/C18H17N5O2/c1-23-18-16(17(22-23)12-4-3-6-19-10-12)13(9-14(24)21-18)11-5-7-20-15(8-11)25-2/h3-8,10,13H,9H2,1-2H3,(H,21,24). The van der Waals surface area contributed by atoms with Crippen molar-refractivity contribution < 1.29 is 9.53 Å². The second-order valence-electron chi connectivity index (χ2n) is 5.91. The van der Waals surface area contributed by atoms with Crippen LogP contribution < -0.4 is 10.1 Å². The Morgan fingerprint density at radius 1 is 1.32 bits per heavy atom. The summed E-state index contributed by atoms with van der Waals surface area (Å²) in [5.41, 5.74) is 3.71. The highest BCUT2D eigenvalue weighted by molar-refractivity contribution is 5.96. The number of anilines is 1. The lowest BCUT2D eigenvalue weighted by Gasteiger charge is -2.24. The topological polar surface area (TPSA) is 81.9 Å². The Morgan fingerprint density at radius 2 is 2.20 bits per heavy atom. The van der Waals surface area contributed by atoms with Gasteiger partial charge in [-0.3, -0.25) is 14.5 Å². The van der Waals surface area contributed by atoms with Crippen LogP contribution in [0.5, 0.6) is 5.88 Å². The number of amides is 1. The second kappa shape index (κ2) is 6.01. The van der Waals surface area contributed by atoms with Gasteiger partial charge in [0.2, 0.25) is 11.8 Å². The average Bonchev–Trinajstić information content (AvgIpc) is 2.98. The highest BCUT2D eigenvalue weighted by Crippen LogP contribution is 2.42. The molecule has 1 unspecified atom stereocenters. The quantitative estimate of drug-likeness (QED) is 0.794. The van der Waals surface area contributed by atoms with Crippen LogP contribution >= 0.6 is 0 Å². The summed E-state index contributed by atoms with van der Waals surface area (Å²) < 4.78 is 6.95. The van der Waals surface area contributed by atoms with Gasteiger partial charge in [0.25, 0.3) is 0 Å². The van der Waals surface area contributed by atoms with Crippen LogP contribution in [-0.2, 0) is 11.8 Å². The number of hydrogen-bond donors (Lipinski definition) is 1. The summed E-state index contributed by atoms with van der Waals surface area (Å²) in [6, 6.07) is 7.63. The van der Waals surface area contributed by atoms with Gasteiger partial charge in [-0.05, 0) is 23.8 Å². The third-order valence-corrected chi connectivity index (χ3v) is 4.39. The van der Waals surface area contributed by atoms with Gasteiger partial charge in [-0.1, -0.05) is 0 Å². The van der Waals surface area contributed by atoms with E-state index in [-0.39, 0.29) is 11.8 Å². The average molecular weight is 335 g/mol. The molecule has 4 heterocycles. The van der Waals surface area contributed by atoms with Gasteiger partial charge in [0, 0.05) is 55.2 Å². The number of fused-ring (bicyclic) bond motifs is 1. The summed E-state index contributed by atoms with van der Waals surface area (Å²) in [7, 11) is 3.41. The molecule has 1 aliphatic rings. The van der Waals surface area contributed by atoms with Crippen molar-refractivity contribution in [1.29, 1.82) is 0 Å². The van der Waals surface area contributed by atoms with Crippen LogP contribution in [0.3, 0.4) is 0 Å². The van der Waals surface area contributed by atoms with Crippen LogP contribution in [-0.4, -0.2) is 32.8 Å². The van der Waals surface area contributed by atoms with Crippen molar-refractivity contribution in [3.63, 3.8) is 0 Å². The fraction of sp³-hybridized carbons (Fsp3) is 0.222. The fourth-order valence-electron chi connectivity index (χ4n) is 3.24. The van der Waals surface area contributed by atoms with Gasteiger partial charge in [-0.2, -0.15) is 5.10 Å². The maximum Gasteiger partial charge on any atom is 0.226 e. The van der Waals surface area contributed by atoms with Crippen LogP contribution in [0.1, 0.15) is 23.5 Å². The van der Waals surface area contributed by atoms with E-state index in [1.807, 2.05) is 31.3 Å². The largest absolute Gasteiger partial charge is 0.481 e. The Hall–Kier alpha value is -3.22. The Morgan fingerprint density at radius 3 is 2.96 bits per heavy atom. The van der Waals surface area contributed by atoms with Gasteiger partial charge in [0.1, 0.15) is 5.82 Å². The molecule has 0 saturated carbocycles. The SMILES string of the molecule is COc1cc(C2CC(=O)Nc3c2c(-c2cccnc2)nn3C)ccn1. The molecule has 0 fully saturated rings. The van der Waals surface area contributed by atoms with Crippen molar-refractivity contribution in [2.45, 2.75) is 12.3 Å². The smallest absolute Gasteiger partial charge is 0.226 e. The maximum absolute atomic E-state index is 12.3. The van der Waals surface area contributed by atoms with E-state index in [0.29, 0.717) is 12.3 Å². The molecule has 126 valence electrons. The Labute approximate surface area is 144 Å². The zero-order chi connectivity index (χ0) is 17.4. The van der Waals surface area contributed by atoms with E-state index < -0.39 is 0 Å². The summed E-state index contributed by atoms with van der Waals surface area (Å²) in [6.07, 6.45) is 5.55. The van der Waals surface area contributed by atoms with Gasteiger partial charge in [0.05, 0.1) is 12.8 Å². The van der Waals surface area contributed by atoms with E-state index >= 15 is 0 Å². The van der Waals surface area contributed by atoms with Gasteiger partial charge in [-0.15, -0.1) is 0 Å². The maximum atomic E-state index is 12.3. The summed E-state index contributed by atoms with van der Waals surface area (Å²) in [4.78, 5) is 20.6. The molecule has 1 aliphatic heterocycles. The number of carbonyl (C=O) groups is 1. The molecule has 4 rings (SSSR count). The predicted molar refractivity (Wildman–Crippen MR) is 92.3 cm³/mol. The molecule has 1 atom stereocenters. The number of nitrogens with one attached hydrogen (secondary N) is 1. The molecule has 25 heavy (non-hydrogen) atoms. The first kappa shape index (κ1) is 15.3. The number of aryl methyl sites for hydroxylation is 1. The molecule has 0 saturated heterocycles. The van der Waals surface area contributed by atoms with Crippen molar-refractivity contribution in [1.82, 2.24) is 19.7 Å². The van der Waals surface area contributed by atoms with Crippen molar-refractivity contribution >= 4 is 11.7 Å². The summed E-state index contributed by atoms with van der Waals surface area (Å²) in [5.74, 6) is 1.09. The number of aromatic nitrogens is 4. The molecule has 0 radical (unpaired) electrons. The number of hydrogen-bond acceptors (Lipinski definition) is 5. The van der Waals surface area contributed by atoms with Crippen LogP contribution in [0.2, 0.25) is 0 Å². The normalized spacial score (nSPS) is 16.2. The molecule has 7 nitrogen and oxygen atoms in total. The summed E-state index contributed by atoms with van der Waals surface area (Å²) >= 11 is 0. The van der Waals surface area contributed by atoms with Gasteiger partial charge in [-0.25, -0.2) is 4.98 Å². The van der Waals surface area contributed by atoms with Crippen LogP contribution in [0, 0.1) is 0 Å². The molecule has 0 bridgehead atoms. The fourth-order valence-corrected chi connectivity index (χ4v) is 3.24. The highest BCUT2D eigenvalue weighted by Gasteiger charge is 2.33. The zero-order valence-electron chi connectivity index (χ0n) is 13.9. The monoisotopic (exact) mass is 335 g/mol. The first-order valence-electron chi connectivity index (χ1n) is 7.94. The van der Waals surface area contributed by atoms with Gasteiger partial charge in [0.15, 0.2) is 0 Å². The predicted octanol–water partition coefficient (Wildman–Crippen LogP) is 2.36. The van der Waals surface area contributed by atoms with E-state index in [1.165, 1.54) is 0 Å². The summed E-state index contributed by atoms with van der Waals surface area (Å²) in [5, 5.41) is 7.57. The minimum atomic E-state index is -0.121. The molecule has 0 aliphatic carbocycles. The van der Waals surface area contributed by atoms with E-state index in [0.717, 1.165) is 28.2 Å². The first-order valence-corrected chi connectivity index (χ1v) is 7.94. The van der Waals surface area contributed by atoms with E-state index in [9.17, 15) is 4.79 Å². The lowest BCUT2D eigenvalue weighted by molar-refractivity contribution is -0.116. The van der Waals surface area contributed by atoms with Gasteiger partial charge >= 0.3 is 0 Å². The number of rotatable bonds is 3. The van der Waals surface area contributed by atoms with Crippen LogP contribution in [0.4, 0.5) is 5.82 Å². The minimum Gasteiger partial charge on any atom is -0.481 e. The van der Waals surface area contributed by atoms with Crippen LogP contribution in [0.15, 0.2) is 42.9 Å². The molecule has 3 aromatic heterocycles. The molecule has 7 heteroatoms. The van der Waals surface area contributed by atoms with Crippen molar-refractivity contribution in [2.75, 3.05) is 12.4 Å². The third-order valence-electron chi connectivity index (χ3n) is 4.39. The Bertz CT molecular complexity index is 936. The second-order valence-corrected chi connectivity index (χ2v) is 5.91. The molecule has 1 amide bonds. The minimum absolute atomic E-state index is 0.0333. The Balaban J connectivity index is 1.91. The number of ether oxygens (including phenoxy) is 1. The van der Waals surface area contributed by atoms with E-state index in [1.54, 1.807) is 30.4 Å². The third kappa shape index (κ3) is 2.63. The Kier molecular flexibility index (Phi) is 3.68. The number of nitrogens with zero attached hydrogens (tertiary/aromatic N) is 4.